The van der Waals surface area contributed by atoms with Gasteiger partial charge < -0.3 is 15.4 Å². The highest BCUT2D eigenvalue weighted by atomic mass is 32.2. The lowest BCUT2D eigenvalue weighted by molar-refractivity contribution is 0.247. The molecule has 7 nitrogen and oxygen atoms in total. The second-order valence-corrected chi connectivity index (χ2v) is 6.63. The average molecular weight is 349 g/mol. The number of aryl methyl sites for hydroxylation is 1. The fourth-order valence-corrected chi connectivity index (χ4v) is 2.53. The molecule has 2 aromatic carbocycles. The van der Waals surface area contributed by atoms with Crippen LogP contribution in [0.1, 0.15) is 5.56 Å². The molecule has 2 rings (SSSR count). The zero-order chi connectivity index (χ0) is 17.6. The van der Waals surface area contributed by atoms with Crippen molar-refractivity contribution in [2.24, 2.45) is 5.14 Å². The monoisotopic (exact) mass is 349 g/mol. The lowest BCUT2D eigenvalue weighted by atomic mass is 10.2. The van der Waals surface area contributed by atoms with Crippen LogP contribution >= 0.6 is 0 Å². The van der Waals surface area contributed by atoms with E-state index in [9.17, 15) is 13.2 Å². The lowest BCUT2D eigenvalue weighted by Crippen LogP contribution is -2.32. The second kappa shape index (κ2) is 7.80. The number of primary sulfonamides is 1. The smallest absolute Gasteiger partial charge is 0.319 e. The normalized spacial score (nSPS) is 10.9. The number of hydrogen-bond acceptors (Lipinski definition) is 4. The van der Waals surface area contributed by atoms with Crippen molar-refractivity contribution in [2.75, 3.05) is 18.5 Å². The van der Waals surface area contributed by atoms with Crippen LogP contribution in [0.5, 0.6) is 5.75 Å². The van der Waals surface area contributed by atoms with Gasteiger partial charge in [-0.3, -0.25) is 0 Å². The summed E-state index contributed by atoms with van der Waals surface area (Å²) in [4.78, 5) is 11.7. The number of carbonyl (C=O) groups is 1. The number of para-hydroxylation sites is 1. The SMILES string of the molecule is Cc1ccccc1OCCNC(=O)Nc1cccc(S(N)(=O)=O)c1. The molecule has 0 aliphatic rings. The summed E-state index contributed by atoms with van der Waals surface area (Å²) >= 11 is 0. The third kappa shape index (κ3) is 5.25. The molecule has 128 valence electrons. The number of anilines is 1. The molecule has 0 spiro atoms. The lowest BCUT2D eigenvalue weighted by Gasteiger charge is -2.11. The maximum atomic E-state index is 11.8. The molecule has 8 heteroatoms. The molecule has 2 aromatic rings. The number of carbonyl (C=O) groups excluding carboxylic acids is 1. The van der Waals surface area contributed by atoms with Crippen LogP contribution in [0.3, 0.4) is 0 Å². The van der Waals surface area contributed by atoms with E-state index in [1.165, 1.54) is 18.2 Å². The first-order chi connectivity index (χ1) is 11.4. The fraction of sp³-hybridized carbons (Fsp3) is 0.188. The molecule has 0 heterocycles. The van der Waals surface area contributed by atoms with Crippen LogP contribution in [-0.2, 0) is 10.0 Å². The van der Waals surface area contributed by atoms with Gasteiger partial charge in [-0.05, 0) is 36.8 Å². The van der Waals surface area contributed by atoms with Crippen molar-refractivity contribution in [2.45, 2.75) is 11.8 Å². The topological polar surface area (TPSA) is 111 Å². The van der Waals surface area contributed by atoms with Crippen molar-refractivity contribution >= 4 is 21.7 Å². The van der Waals surface area contributed by atoms with Crippen molar-refractivity contribution < 1.29 is 17.9 Å². The summed E-state index contributed by atoms with van der Waals surface area (Å²) in [5, 5.41) is 10.2. The first-order valence-corrected chi connectivity index (χ1v) is 8.77. The number of benzene rings is 2. The predicted molar refractivity (Wildman–Crippen MR) is 91.5 cm³/mol. The summed E-state index contributed by atoms with van der Waals surface area (Å²) in [5.41, 5.74) is 1.35. The van der Waals surface area contributed by atoms with Crippen LogP contribution in [0.25, 0.3) is 0 Å². The van der Waals surface area contributed by atoms with Crippen molar-refractivity contribution in [1.82, 2.24) is 5.32 Å². The van der Waals surface area contributed by atoms with Crippen LogP contribution < -0.4 is 20.5 Å². The van der Waals surface area contributed by atoms with Crippen LogP contribution in [0, 0.1) is 6.92 Å². The van der Waals surface area contributed by atoms with Crippen molar-refractivity contribution in [3.63, 3.8) is 0 Å². The number of nitrogens with two attached hydrogens (primary N) is 1. The Balaban J connectivity index is 1.81. The van der Waals surface area contributed by atoms with E-state index in [0.29, 0.717) is 18.8 Å². The maximum absolute atomic E-state index is 11.8. The molecule has 0 aromatic heterocycles. The Bertz CT molecular complexity index is 822. The number of sulfonamides is 1. The van der Waals surface area contributed by atoms with E-state index in [1.54, 1.807) is 6.07 Å². The molecule has 0 saturated carbocycles. The van der Waals surface area contributed by atoms with Gasteiger partial charge in [0.2, 0.25) is 10.0 Å². The number of rotatable bonds is 6. The summed E-state index contributed by atoms with van der Waals surface area (Å²) in [6.07, 6.45) is 0. The average Bonchev–Trinajstić information content (AvgIpc) is 2.52. The minimum atomic E-state index is -3.81. The Morgan fingerprint density at radius 1 is 1.17 bits per heavy atom. The molecule has 0 radical (unpaired) electrons. The van der Waals surface area contributed by atoms with Crippen LogP contribution in [-0.4, -0.2) is 27.6 Å². The van der Waals surface area contributed by atoms with Crippen LogP contribution in [0.4, 0.5) is 10.5 Å². The van der Waals surface area contributed by atoms with Gasteiger partial charge in [-0.2, -0.15) is 0 Å². The van der Waals surface area contributed by atoms with E-state index in [1.807, 2.05) is 31.2 Å². The molecule has 0 unspecified atom stereocenters. The maximum Gasteiger partial charge on any atom is 0.319 e. The van der Waals surface area contributed by atoms with Gasteiger partial charge in [0.05, 0.1) is 11.4 Å². The van der Waals surface area contributed by atoms with E-state index < -0.39 is 16.1 Å². The van der Waals surface area contributed by atoms with Crippen molar-refractivity contribution in [1.29, 1.82) is 0 Å². The van der Waals surface area contributed by atoms with E-state index >= 15 is 0 Å². The molecule has 4 N–H and O–H groups in total. The summed E-state index contributed by atoms with van der Waals surface area (Å²) in [5.74, 6) is 0.764. The second-order valence-electron chi connectivity index (χ2n) is 5.07. The van der Waals surface area contributed by atoms with Gasteiger partial charge in [0.15, 0.2) is 0 Å². The third-order valence-electron chi connectivity index (χ3n) is 3.16. The summed E-state index contributed by atoms with van der Waals surface area (Å²) < 4.78 is 28.1. The molecule has 0 aliphatic carbocycles. The van der Waals surface area contributed by atoms with E-state index in [0.717, 1.165) is 11.3 Å². The summed E-state index contributed by atoms with van der Waals surface area (Å²) in [6, 6.07) is 12.8. The van der Waals surface area contributed by atoms with Gasteiger partial charge in [-0.15, -0.1) is 0 Å². The summed E-state index contributed by atoms with van der Waals surface area (Å²) in [6.45, 7) is 2.55. The number of nitrogens with one attached hydrogen (secondary N) is 2. The summed E-state index contributed by atoms with van der Waals surface area (Å²) in [7, 11) is -3.81. The quantitative estimate of drug-likeness (QED) is 0.691. The highest BCUT2D eigenvalue weighted by Crippen LogP contribution is 2.16. The first-order valence-electron chi connectivity index (χ1n) is 7.22. The Kier molecular flexibility index (Phi) is 5.78. The Labute approximate surface area is 140 Å². The Morgan fingerprint density at radius 2 is 1.92 bits per heavy atom. The molecule has 0 saturated heterocycles. The Morgan fingerprint density at radius 3 is 2.62 bits per heavy atom. The molecule has 0 atom stereocenters. The van der Waals surface area contributed by atoms with Gasteiger partial charge in [0.1, 0.15) is 12.4 Å². The van der Waals surface area contributed by atoms with Gasteiger partial charge in [-0.1, -0.05) is 24.3 Å². The number of ether oxygens (including phenoxy) is 1. The van der Waals surface area contributed by atoms with E-state index in [4.69, 9.17) is 9.88 Å². The van der Waals surface area contributed by atoms with Crippen molar-refractivity contribution in [3.8, 4) is 5.75 Å². The molecule has 2 amide bonds. The largest absolute Gasteiger partial charge is 0.491 e. The van der Waals surface area contributed by atoms with Crippen molar-refractivity contribution in [3.05, 3.63) is 54.1 Å². The predicted octanol–water partition coefficient (Wildman–Crippen LogP) is 1.84. The van der Waals surface area contributed by atoms with Crippen LogP contribution in [0.15, 0.2) is 53.4 Å². The van der Waals surface area contributed by atoms with Gasteiger partial charge in [0, 0.05) is 5.69 Å². The van der Waals surface area contributed by atoms with Gasteiger partial charge >= 0.3 is 6.03 Å². The van der Waals surface area contributed by atoms with E-state index in [2.05, 4.69) is 10.6 Å². The zero-order valence-electron chi connectivity index (χ0n) is 13.2. The van der Waals surface area contributed by atoms with Crippen LogP contribution in [0.2, 0.25) is 0 Å². The standard InChI is InChI=1S/C16H19N3O4S/c1-12-5-2-3-8-15(12)23-10-9-18-16(20)19-13-6-4-7-14(11-13)24(17,21)22/h2-8,11H,9-10H2,1H3,(H2,17,21,22)(H2,18,19,20). The van der Waals surface area contributed by atoms with Gasteiger partial charge in [-0.25, -0.2) is 18.4 Å². The minimum Gasteiger partial charge on any atom is -0.491 e. The molecule has 0 bridgehead atoms. The number of amides is 2. The molecule has 24 heavy (non-hydrogen) atoms. The highest BCUT2D eigenvalue weighted by Gasteiger charge is 2.09. The minimum absolute atomic E-state index is 0.0665. The molecular weight excluding hydrogens is 330 g/mol. The highest BCUT2D eigenvalue weighted by molar-refractivity contribution is 7.89. The molecule has 0 aliphatic heterocycles. The van der Waals surface area contributed by atoms with E-state index in [-0.39, 0.29) is 4.90 Å². The third-order valence-corrected chi connectivity index (χ3v) is 4.07. The Hall–Kier alpha value is -2.58. The first kappa shape index (κ1) is 17.8. The number of urea groups is 1. The fourth-order valence-electron chi connectivity index (χ4n) is 1.97. The molecule has 0 fully saturated rings. The molecular formula is C16H19N3O4S. The zero-order valence-corrected chi connectivity index (χ0v) is 14.0. The van der Waals surface area contributed by atoms with Gasteiger partial charge in [0.25, 0.3) is 0 Å². The number of hydrogen-bond donors (Lipinski definition) is 3.